The fourth-order valence-electron chi connectivity index (χ4n) is 3.89. The summed E-state index contributed by atoms with van der Waals surface area (Å²) in [7, 11) is 0. The normalized spacial score (nSPS) is 10.3. The van der Waals surface area contributed by atoms with E-state index in [2.05, 4.69) is 19.6 Å². The van der Waals surface area contributed by atoms with Gasteiger partial charge in [-0.1, -0.05) is 63.8 Å². The summed E-state index contributed by atoms with van der Waals surface area (Å²) in [5.41, 5.74) is 1.58. The number of nitrogens with zero attached hydrogens (tertiary/aromatic N) is 1. The van der Waals surface area contributed by atoms with Gasteiger partial charge in [0.05, 0.1) is 23.8 Å². The Hall–Kier alpha value is -4.57. The van der Waals surface area contributed by atoms with Crippen LogP contribution in [0.25, 0.3) is 0 Å². The highest BCUT2D eigenvalue weighted by molar-refractivity contribution is 5.94. The van der Waals surface area contributed by atoms with Crippen molar-refractivity contribution >= 4 is 11.9 Å². The minimum absolute atomic E-state index is 0.0352. The summed E-state index contributed by atoms with van der Waals surface area (Å²) in [5, 5.41) is 9.08. The molecular weight excluding hydrogens is 506 g/mol. The Balaban J connectivity index is 1.60. The highest BCUT2D eigenvalue weighted by Gasteiger charge is 2.18. The van der Waals surface area contributed by atoms with E-state index in [-0.39, 0.29) is 30.3 Å². The lowest BCUT2D eigenvalue weighted by molar-refractivity contribution is 0.0466. The van der Waals surface area contributed by atoms with E-state index in [0.29, 0.717) is 29.0 Å². The summed E-state index contributed by atoms with van der Waals surface area (Å²) in [6, 6.07) is 20.1. The first kappa shape index (κ1) is 30.0. The summed E-state index contributed by atoms with van der Waals surface area (Å²) in [4.78, 5) is 25.7. The molecule has 0 aliphatic rings. The molecule has 0 aliphatic heterocycles. The molecule has 0 atom stereocenters. The number of benzene rings is 3. The number of hydrogen-bond donors (Lipinski definition) is 0. The lowest BCUT2D eigenvalue weighted by Crippen LogP contribution is -2.11. The molecule has 3 rings (SSSR count). The largest absolute Gasteiger partial charge is 0.494 e. The van der Waals surface area contributed by atoms with Gasteiger partial charge in [0.2, 0.25) is 0 Å². The van der Waals surface area contributed by atoms with Gasteiger partial charge in [-0.15, -0.1) is 0 Å². The molecule has 0 spiro atoms. The van der Waals surface area contributed by atoms with E-state index in [0.717, 1.165) is 12.8 Å². The van der Waals surface area contributed by atoms with Gasteiger partial charge in [-0.05, 0) is 66.6 Å². The van der Waals surface area contributed by atoms with Crippen LogP contribution in [0.1, 0.15) is 77.3 Å². The van der Waals surface area contributed by atoms with Crippen molar-refractivity contribution in [3.63, 3.8) is 0 Å². The number of esters is 2. The van der Waals surface area contributed by atoms with Crippen LogP contribution in [-0.4, -0.2) is 25.2 Å². The van der Waals surface area contributed by atoms with Gasteiger partial charge in [0.1, 0.15) is 36.0 Å². The van der Waals surface area contributed by atoms with Gasteiger partial charge < -0.3 is 18.9 Å². The lowest BCUT2D eigenvalue weighted by Gasteiger charge is -2.13. The Labute approximate surface area is 235 Å². The molecule has 0 fully saturated rings. The standard InChI is InChI=1S/C33H35NO6/c1-3-5-6-7-8-9-20-37-28-15-13-27(14-16-28)32(35)40-29-17-18-31(38-19-4-2)30(22-29)33(36)39-24-26-12-10-11-25(21-26)23-34/h4,10-18,21-22H,2-3,5-9,19-20,24H2,1H3. The molecule has 0 saturated carbocycles. The van der Waals surface area contributed by atoms with Crippen molar-refractivity contribution < 1.29 is 28.5 Å². The van der Waals surface area contributed by atoms with Crippen molar-refractivity contribution in [1.82, 2.24) is 0 Å². The molecule has 7 heteroatoms. The maximum Gasteiger partial charge on any atom is 0.343 e. The molecule has 0 bridgehead atoms. The van der Waals surface area contributed by atoms with Crippen LogP contribution in [0.2, 0.25) is 0 Å². The Bertz CT molecular complexity index is 1310. The van der Waals surface area contributed by atoms with E-state index >= 15 is 0 Å². The number of hydrogen-bond acceptors (Lipinski definition) is 7. The third-order valence-corrected chi connectivity index (χ3v) is 6.02. The van der Waals surface area contributed by atoms with Gasteiger partial charge in [-0.25, -0.2) is 9.59 Å². The Morgan fingerprint density at radius 3 is 2.38 bits per heavy atom. The van der Waals surface area contributed by atoms with Crippen LogP contribution in [0.15, 0.2) is 79.4 Å². The zero-order valence-corrected chi connectivity index (χ0v) is 22.9. The summed E-state index contributed by atoms with van der Waals surface area (Å²) in [6.07, 6.45) is 8.68. The van der Waals surface area contributed by atoms with Crippen LogP contribution >= 0.6 is 0 Å². The van der Waals surface area contributed by atoms with Gasteiger partial charge in [0.25, 0.3) is 0 Å². The smallest absolute Gasteiger partial charge is 0.343 e. The van der Waals surface area contributed by atoms with Gasteiger partial charge >= 0.3 is 11.9 Å². The van der Waals surface area contributed by atoms with Crippen LogP contribution < -0.4 is 14.2 Å². The first-order valence-corrected chi connectivity index (χ1v) is 13.5. The van der Waals surface area contributed by atoms with Crippen molar-refractivity contribution in [2.45, 2.75) is 52.1 Å². The topological polar surface area (TPSA) is 94.8 Å². The van der Waals surface area contributed by atoms with Crippen molar-refractivity contribution in [1.29, 1.82) is 5.26 Å². The molecular formula is C33H35NO6. The maximum atomic E-state index is 12.9. The molecule has 0 radical (unpaired) electrons. The first-order valence-electron chi connectivity index (χ1n) is 13.5. The van der Waals surface area contributed by atoms with Crippen LogP contribution in [-0.2, 0) is 11.3 Å². The fourth-order valence-corrected chi connectivity index (χ4v) is 3.89. The maximum absolute atomic E-state index is 12.9. The van der Waals surface area contributed by atoms with Crippen LogP contribution in [0, 0.1) is 11.3 Å². The third kappa shape index (κ3) is 9.63. The number of unbranched alkanes of at least 4 members (excludes halogenated alkanes) is 5. The molecule has 0 amide bonds. The second kappa shape index (κ2) is 16.4. The number of ether oxygens (including phenoxy) is 4. The molecule has 40 heavy (non-hydrogen) atoms. The monoisotopic (exact) mass is 541 g/mol. The molecule has 0 saturated heterocycles. The summed E-state index contributed by atoms with van der Waals surface area (Å²) >= 11 is 0. The summed E-state index contributed by atoms with van der Waals surface area (Å²) < 4.78 is 22.4. The van der Waals surface area contributed by atoms with E-state index in [9.17, 15) is 9.59 Å². The molecule has 7 nitrogen and oxygen atoms in total. The second-order valence-electron chi connectivity index (χ2n) is 9.18. The second-order valence-corrected chi connectivity index (χ2v) is 9.18. The minimum atomic E-state index is -0.661. The third-order valence-electron chi connectivity index (χ3n) is 6.02. The van der Waals surface area contributed by atoms with Crippen molar-refractivity contribution in [2.75, 3.05) is 13.2 Å². The number of rotatable bonds is 16. The molecule has 0 heterocycles. The fraction of sp³-hybridized carbons (Fsp3) is 0.303. The van der Waals surface area contributed by atoms with Gasteiger partial charge in [-0.3, -0.25) is 0 Å². The van der Waals surface area contributed by atoms with Crippen LogP contribution in [0.5, 0.6) is 17.2 Å². The van der Waals surface area contributed by atoms with Gasteiger partial charge in [0, 0.05) is 0 Å². The Kier molecular flexibility index (Phi) is 12.3. The van der Waals surface area contributed by atoms with Crippen molar-refractivity contribution in [3.05, 3.63) is 102 Å². The summed E-state index contributed by atoms with van der Waals surface area (Å²) in [6.45, 7) is 6.61. The average molecular weight is 542 g/mol. The molecule has 0 aliphatic carbocycles. The van der Waals surface area contributed by atoms with Crippen LogP contribution in [0.3, 0.4) is 0 Å². The van der Waals surface area contributed by atoms with E-state index in [4.69, 9.17) is 24.2 Å². The quantitative estimate of drug-likeness (QED) is 0.0805. The van der Waals surface area contributed by atoms with E-state index < -0.39 is 11.9 Å². The lowest BCUT2D eigenvalue weighted by atomic mass is 10.1. The van der Waals surface area contributed by atoms with Crippen LogP contribution in [0.4, 0.5) is 0 Å². The highest BCUT2D eigenvalue weighted by atomic mass is 16.5. The molecule has 3 aromatic carbocycles. The number of nitriles is 1. The molecule has 0 N–H and O–H groups in total. The zero-order valence-electron chi connectivity index (χ0n) is 22.9. The minimum Gasteiger partial charge on any atom is -0.494 e. The van der Waals surface area contributed by atoms with E-state index in [1.165, 1.54) is 37.8 Å². The van der Waals surface area contributed by atoms with E-state index in [1.807, 2.05) is 0 Å². The molecule has 0 unspecified atom stereocenters. The van der Waals surface area contributed by atoms with E-state index in [1.54, 1.807) is 60.7 Å². The van der Waals surface area contributed by atoms with Gasteiger partial charge in [-0.2, -0.15) is 5.26 Å². The van der Waals surface area contributed by atoms with Gasteiger partial charge in [0.15, 0.2) is 0 Å². The van der Waals surface area contributed by atoms with Crippen molar-refractivity contribution in [3.8, 4) is 23.3 Å². The molecule has 0 aromatic heterocycles. The average Bonchev–Trinajstić information content (AvgIpc) is 2.99. The predicted octanol–water partition coefficient (Wildman–Crippen LogP) is 7.44. The predicted molar refractivity (Wildman–Crippen MR) is 153 cm³/mol. The number of carbonyl (C=O) groups is 2. The Morgan fingerprint density at radius 1 is 0.875 bits per heavy atom. The summed E-state index contributed by atoms with van der Waals surface area (Å²) in [5.74, 6) is -0.111. The first-order chi connectivity index (χ1) is 19.5. The SMILES string of the molecule is C=CCOc1ccc(OC(=O)c2ccc(OCCCCCCCC)cc2)cc1C(=O)OCc1cccc(C#N)c1. The highest BCUT2D eigenvalue weighted by Crippen LogP contribution is 2.27. The zero-order chi connectivity index (χ0) is 28.6. The molecule has 208 valence electrons. The Morgan fingerprint density at radius 2 is 1.62 bits per heavy atom. The number of carbonyl (C=O) groups excluding carboxylic acids is 2. The molecule has 3 aromatic rings. The van der Waals surface area contributed by atoms with Crippen molar-refractivity contribution in [2.24, 2.45) is 0 Å².